The van der Waals surface area contributed by atoms with Crippen molar-refractivity contribution >= 4 is 0 Å². The topological polar surface area (TPSA) is 64.5 Å². The minimum atomic E-state index is -4.57. The van der Waals surface area contributed by atoms with Gasteiger partial charge in [-0.25, -0.2) is 0 Å². The van der Waals surface area contributed by atoms with Crippen molar-refractivity contribution in [1.82, 2.24) is 10.6 Å². The van der Waals surface area contributed by atoms with Crippen LogP contribution in [0.3, 0.4) is 0 Å². The summed E-state index contributed by atoms with van der Waals surface area (Å²) < 4.78 is 72.4. The first-order valence-corrected chi connectivity index (χ1v) is 8.33. The number of aliphatic hydroxyl groups is 2. The summed E-state index contributed by atoms with van der Waals surface area (Å²) in [5.41, 5.74) is -5.27. The molecule has 0 spiro atoms. The van der Waals surface area contributed by atoms with E-state index in [1.807, 2.05) is 27.7 Å². The van der Waals surface area contributed by atoms with Gasteiger partial charge in [-0.15, -0.1) is 0 Å². The molecule has 4 nitrogen and oxygen atoms in total. The van der Waals surface area contributed by atoms with Crippen LogP contribution in [-0.2, 0) is 17.1 Å². The van der Waals surface area contributed by atoms with E-state index in [1.165, 1.54) is 0 Å². The van der Waals surface area contributed by atoms with Crippen molar-refractivity contribution < 1.29 is 53.6 Å². The number of nitrogens with one attached hydrogen (secondary N) is 2. The Bertz CT molecular complexity index is 350. The van der Waals surface area contributed by atoms with Gasteiger partial charge < -0.3 is 20.8 Å². The van der Waals surface area contributed by atoms with Crippen LogP contribution >= 0.6 is 0 Å². The van der Waals surface area contributed by atoms with Crippen molar-refractivity contribution in [2.24, 2.45) is 11.8 Å². The van der Waals surface area contributed by atoms with Gasteiger partial charge in [-0.05, 0) is 38.8 Å². The van der Waals surface area contributed by atoms with E-state index < -0.39 is 36.6 Å². The molecule has 0 saturated heterocycles. The second-order valence-corrected chi connectivity index (χ2v) is 7.59. The average Bonchev–Trinajstić information content (AvgIpc) is 2.35. The third kappa shape index (κ3) is 14.6. The first-order chi connectivity index (χ1) is 11.3. The van der Waals surface area contributed by atoms with Crippen LogP contribution in [0, 0.1) is 11.8 Å². The Balaban J connectivity index is -0.000000411. The smallest absolute Gasteiger partial charge is 0.380 e. The number of hydrogen-bond acceptors (Lipinski definition) is 4. The van der Waals surface area contributed by atoms with Crippen LogP contribution in [-0.4, -0.2) is 59.9 Å². The third-order valence-electron chi connectivity index (χ3n) is 3.27. The van der Waals surface area contributed by atoms with Crippen LogP contribution in [0.25, 0.3) is 0 Å². The molecule has 171 valence electrons. The number of alkyl halides is 6. The van der Waals surface area contributed by atoms with Gasteiger partial charge in [0.1, 0.15) is 0 Å². The minimum Gasteiger partial charge on any atom is -0.380 e. The van der Waals surface area contributed by atoms with Gasteiger partial charge in [0.2, 0.25) is 0 Å². The zero-order valence-electron chi connectivity index (χ0n) is 16.4. The molecule has 2 atom stereocenters. The second kappa shape index (κ2) is 12.5. The molecule has 2 unspecified atom stereocenters. The van der Waals surface area contributed by atoms with Crippen LogP contribution in [0.4, 0.5) is 26.3 Å². The number of rotatable bonds is 8. The van der Waals surface area contributed by atoms with Gasteiger partial charge in [0, 0.05) is 30.2 Å². The zero-order chi connectivity index (χ0) is 21.4. The molecule has 0 aliphatic rings. The molecular weight excluding hydrogens is 430 g/mol. The third-order valence-corrected chi connectivity index (χ3v) is 3.27. The first kappa shape index (κ1) is 31.6. The molecule has 0 aliphatic heterocycles. The fourth-order valence-corrected chi connectivity index (χ4v) is 1.41. The number of halogens is 6. The van der Waals surface area contributed by atoms with Crippen LogP contribution in [0.15, 0.2) is 0 Å². The molecule has 11 heteroatoms. The van der Waals surface area contributed by atoms with Gasteiger partial charge in [0.15, 0.2) is 11.2 Å². The van der Waals surface area contributed by atoms with E-state index in [-0.39, 0.29) is 28.9 Å². The monoisotopic (exact) mass is 461 g/mol. The summed E-state index contributed by atoms with van der Waals surface area (Å²) in [6, 6.07) is 0. The van der Waals surface area contributed by atoms with Crippen molar-refractivity contribution in [2.75, 3.05) is 26.2 Å². The molecule has 27 heavy (non-hydrogen) atoms. The summed E-state index contributed by atoms with van der Waals surface area (Å²) in [6.45, 7) is 9.07. The molecule has 0 rings (SSSR count). The van der Waals surface area contributed by atoms with Crippen LogP contribution in [0.1, 0.15) is 41.5 Å². The van der Waals surface area contributed by atoms with Crippen LogP contribution < -0.4 is 10.6 Å². The van der Waals surface area contributed by atoms with E-state index in [9.17, 15) is 26.3 Å². The molecule has 4 N–H and O–H groups in total. The van der Waals surface area contributed by atoms with Gasteiger partial charge in [0.05, 0.1) is 0 Å². The van der Waals surface area contributed by atoms with Gasteiger partial charge in [0.25, 0.3) is 0 Å². The fraction of sp³-hybridized carbons (Fsp3) is 1.00. The summed E-state index contributed by atoms with van der Waals surface area (Å²) in [5, 5.41) is 23.1. The Morgan fingerprint density at radius 1 is 0.667 bits per heavy atom. The average molecular weight is 462 g/mol. The Morgan fingerprint density at radius 3 is 1.04 bits per heavy atom. The maximum absolute atomic E-state index is 12.1. The quantitative estimate of drug-likeness (QED) is 0.331. The maximum atomic E-state index is 12.1. The van der Waals surface area contributed by atoms with E-state index in [2.05, 4.69) is 10.6 Å². The van der Waals surface area contributed by atoms with Crippen molar-refractivity contribution in [1.29, 1.82) is 0 Å². The second-order valence-electron chi connectivity index (χ2n) is 7.59. The van der Waals surface area contributed by atoms with Gasteiger partial charge in [-0.2, -0.15) is 26.3 Å². The molecule has 0 aromatic rings. The van der Waals surface area contributed by atoms with Crippen molar-refractivity contribution in [3.63, 3.8) is 0 Å². The molecule has 0 bridgehead atoms. The minimum absolute atomic E-state index is 0. The molecule has 0 amide bonds. The van der Waals surface area contributed by atoms with Crippen LogP contribution in [0.5, 0.6) is 0 Å². The predicted octanol–water partition coefficient (Wildman–Crippen LogP) is 3.09. The van der Waals surface area contributed by atoms with Gasteiger partial charge in [-0.3, -0.25) is 0 Å². The molecule has 1 radical (unpaired) electrons. The van der Waals surface area contributed by atoms with E-state index >= 15 is 0 Å². The summed E-state index contributed by atoms with van der Waals surface area (Å²) in [7, 11) is 0. The molecule has 0 aromatic heterocycles. The van der Waals surface area contributed by atoms with Gasteiger partial charge in [-0.1, -0.05) is 27.7 Å². The Labute approximate surface area is 167 Å². The maximum Gasteiger partial charge on any atom is 0.418 e. The molecule has 0 heterocycles. The molecule has 0 aromatic carbocycles. The summed E-state index contributed by atoms with van der Waals surface area (Å²) in [5.74, 6) is 0.535. The standard InChI is InChI=1S/2C8H16F3NO.Cu/c2*1-6(2)4-12-5-7(3,13)8(9,10)11;/h2*6,12-13H,4-5H2,1-3H3;. The van der Waals surface area contributed by atoms with Crippen molar-refractivity contribution in [3.8, 4) is 0 Å². The molecule has 0 fully saturated rings. The van der Waals surface area contributed by atoms with Crippen LogP contribution in [0.2, 0.25) is 0 Å². The predicted molar refractivity (Wildman–Crippen MR) is 88.8 cm³/mol. The summed E-state index contributed by atoms with van der Waals surface area (Å²) in [6.07, 6.45) is -9.14. The zero-order valence-corrected chi connectivity index (χ0v) is 17.4. The van der Waals surface area contributed by atoms with Crippen molar-refractivity contribution in [2.45, 2.75) is 65.1 Å². The van der Waals surface area contributed by atoms with E-state index in [0.29, 0.717) is 13.1 Å². The Morgan fingerprint density at radius 2 is 0.889 bits per heavy atom. The van der Waals surface area contributed by atoms with E-state index in [4.69, 9.17) is 10.2 Å². The van der Waals surface area contributed by atoms with Crippen molar-refractivity contribution in [3.05, 3.63) is 0 Å². The first-order valence-electron chi connectivity index (χ1n) is 8.33. The normalized spacial score (nSPS) is 16.9. The SMILES string of the molecule is CC(C)CNCC(C)(O)C(F)(F)F.CC(C)CNCC(C)(O)C(F)(F)F.[Cu]. The molecule has 0 saturated carbocycles. The Hall–Kier alpha value is -0.0605. The molecular formula is C16H32CuF6N2O2. The fourth-order valence-electron chi connectivity index (χ4n) is 1.41. The largest absolute Gasteiger partial charge is 0.418 e. The summed E-state index contributed by atoms with van der Waals surface area (Å²) in [4.78, 5) is 0. The molecule has 0 aliphatic carbocycles. The number of hydrogen-bond donors (Lipinski definition) is 4. The Kier molecular flexibility index (Phi) is 14.6. The summed E-state index contributed by atoms with van der Waals surface area (Å²) >= 11 is 0. The van der Waals surface area contributed by atoms with E-state index in [0.717, 1.165) is 13.8 Å². The van der Waals surface area contributed by atoms with E-state index in [1.54, 1.807) is 0 Å². The van der Waals surface area contributed by atoms with Gasteiger partial charge >= 0.3 is 12.4 Å².